The van der Waals surface area contributed by atoms with Gasteiger partial charge in [0.05, 0.1) is 11.1 Å². The first-order valence-electron chi connectivity index (χ1n) is 7.89. The summed E-state index contributed by atoms with van der Waals surface area (Å²) >= 11 is 0. The van der Waals surface area contributed by atoms with E-state index in [1.165, 1.54) is 18.3 Å². The molecule has 2 aliphatic carbocycles. The zero-order valence-electron chi connectivity index (χ0n) is 12.7. The third kappa shape index (κ3) is 3.64. The van der Waals surface area contributed by atoms with Crippen LogP contribution in [0.2, 0.25) is 0 Å². The number of carbonyl (C=O) groups excluding carboxylic acids is 1. The summed E-state index contributed by atoms with van der Waals surface area (Å²) in [5, 5.41) is 14.6. The second kappa shape index (κ2) is 6.73. The van der Waals surface area contributed by atoms with Gasteiger partial charge in [-0.05, 0) is 55.2 Å². The van der Waals surface area contributed by atoms with E-state index < -0.39 is 4.92 Å². The second-order valence-corrected chi connectivity index (χ2v) is 6.06. The van der Waals surface area contributed by atoms with Crippen molar-refractivity contribution in [2.75, 3.05) is 0 Å². The molecule has 120 valence electrons. The fourth-order valence-corrected chi connectivity index (χ4v) is 3.36. The van der Waals surface area contributed by atoms with E-state index in [1.807, 2.05) is 0 Å². The van der Waals surface area contributed by atoms with Crippen LogP contribution >= 0.6 is 0 Å². The monoisotopic (exact) mass is 313 g/mol. The van der Waals surface area contributed by atoms with E-state index in [9.17, 15) is 14.9 Å². The highest BCUT2D eigenvalue weighted by Gasteiger charge is 2.53. The lowest BCUT2D eigenvalue weighted by atomic mass is 10.1. The Labute approximate surface area is 134 Å². The largest absolute Gasteiger partial charge is 0.273 e. The fraction of sp³-hybridized carbons (Fsp3) is 0.412. The number of non-ortho nitro benzene ring substituents is 1. The van der Waals surface area contributed by atoms with E-state index >= 15 is 0 Å². The summed E-state index contributed by atoms with van der Waals surface area (Å²) in [7, 11) is 0. The van der Waals surface area contributed by atoms with Gasteiger partial charge in [-0.1, -0.05) is 12.2 Å². The number of carbonyl (C=O) groups is 1. The number of allylic oxidation sites excluding steroid dienone is 2. The van der Waals surface area contributed by atoms with Crippen LogP contribution in [0.4, 0.5) is 5.69 Å². The van der Waals surface area contributed by atoms with Crippen LogP contribution in [0.1, 0.15) is 31.2 Å². The minimum atomic E-state index is -0.447. The SMILES string of the molecule is O=C(N/N=C\c1ccc([N+](=O)[O-])cc1)C1[C@@H]2CCC=CCC[C@@H]12. The Morgan fingerprint density at radius 2 is 1.78 bits per heavy atom. The van der Waals surface area contributed by atoms with Gasteiger partial charge in [-0.25, -0.2) is 5.43 Å². The third-order valence-electron chi connectivity index (χ3n) is 4.63. The molecule has 0 aromatic heterocycles. The number of nitrogens with zero attached hydrogens (tertiary/aromatic N) is 2. The highest BCUT2D eigenvalue weighted by atomic mass is 16.6. The summed E-state index contributed by atoms with van der Waals surface area (Å²) in [4.78, 5) is 22.3. The van der Waals surface area contributed by atoms with Gasteiger partial charge < -0.3 is 0 Å². The van der Waals surface area contributed by atoms with E-state index in [0.29, 0.717) is 17.4 Å². The van der Waals surface area contributed by atoms with Crippen LogP contribution in [0, 0.1) is 27.9 Å². The molecule has 0 spiro atoms. The molecule has 0 radical (unpaired) electrons. The first kappa shape index (κ1) is 15.4. The maximum atomic E-state index is 12.2. The molecule has 0 unspecified atom stereocenters. The van der Waals surface area contributed by atoms with Crippen molar-refractivity contribution >= 4 is 17.8 Å². The highest BCUT2D eigenvalue weighted by molar-refractivity contribution is 5.85. The molecule has 0 saturated heterocycles. The Bertz CT molecular complexity index is 636. The van der Waals surface area contributed by atoms with Gasteiger partial charge in [-0.3, -0.25) is 14.9 Å². The van der Waals surface area contributed by atoms with Crippen LogP contribution in [0.15, 0.2) is 41.5 Å². The predicted molar refractivity (Wildman–Crippen MR) is 86.9 cm³/mol. The number of nitro benzene ring substituents is 1. The van der Waals surface area contributed by atoms with Crippen molar-refractivity contribution < 1.29 is 9.72 Å². The summed E-state index contributed by atoms with van der Waals surface area (Å²) in [6.45, 7) is 0. The van der Waals surface area contributed by atoms with Crippen molar-refractivity contribution in [1.82, 2.24) is 5.43 Å². The van der Waals surface area contributed by atoms with Crippen molar-refractivity contribution in [3.63, 3.8) is 0 Å². The molecular weight excluding hydrogens is 294 g/mol. The van der Waals surface area contributed by atoms with Crippen LogP contribution in [0.3, 0.4) is 0 Å². The van der Waals surface area contributed by atoms with Crippen molar-refractivity contribution in [3.05, 3.63) is 52.1 Å². The molecule has 0 bridgehead atoms. The van der Waals surface area contributed by atoms with E-state index in [2.05, 4.69) is 22.7 Å². The number of hydrazone groups is 1. The highest BCUT2D eigenvalue weighted by Crippen LogP contribution is 2.52. The number of nitrogens with one attached hydrogen (secondary N) is 1. The number of hydrogen-bond donors (Lipinski definition) is 1. The molecule has 2 aliphatic rings. The number of fused-ring (bicyclic) bond motifs is 1. The minimum absolute atomic E-state index is 0.0138. The lowest BCUT2D eigenvalue weighted by Crippen LogP contribution is -2.21. The average Bonchev–Trinajstić information content (AvgIpc) is 3.19. The molecule has 1 aromatic rings. The number of amides is 1. The maximum absolute atomic E-state index is 12.2. The van der Waals surface area contributed by atoms with Gasteiger partial charge in [-0.15, -0.1) is 0 Å². The fourth-order valence-electron chi connectivity index (χ4n) is 3.36. The lowest BCUT2D eigenvalue weighted by molar-refractivity contribution is -0.384. The zero-order chi connectivity index (χ0) is 16.2. The standard InChI is InChI=1S/C17H19N3O3/c21-17(16-14-5-3-1-2-4-6-15(14)16)19-18-11-12-7-9-13(10-8-12)20(22)23/h1-2,7-11,14-16H,3-6H2,(H,19,21)/b2-1?,18-11-/t14-,15-/m1/s1. The molecule has 3 rings (SSSR count). The molecule has 0 aliphatic heterocycles. The van der Waals surface area contributed by atoms with E-state index in [4.69, 9.17) is 0 Å². The molecule has 6 nitrogen and oxygen atoms in total. The summed E-state index contributed by atoms with van der Waals surface area (Å²) in [6.07, 6.45) is 10.2. The van der Waals surface area contributed by atoms with Crippen LogP contribution in [-0.2, 0) is 4.79 Å². The van der Waals surface area contributed by atoms with Crippen LogP contribution in [0.5, 0.6) is 0 Å². The Morgan fingerprint density at radius 1 is 1.17 bits per heavy atom. The molecule has 1 amide bonds. The van der Waals surface area contributed by atoms with Crippen LogP contribution in [0.25, 0.3) is 0 Å². The van der Waals surface area contributed by atoms with Gasteiger partial charge >= 0.3 is 0 Å². The van der Waals surface area contributed by atoms with Crippen LogP contribution < -0.4 is 5.43 Å². The van der Waals surface area contributed by atoms with Gasteiger partial charge in [0.25, 0.3) is 5.69 Å². The summed E-state index contributed by atoms with van der Waals surface area (Å²) in [5.41, 5.74) is 3.35. The molecule has 1 saturated carbocycles. The zero-order valence-corrected chi connectivity index (χ0v) is 12.7. The molecule has 23 heavy (non-hydrogen) atoms. The molecule has 0 heterocycles. The van der Waals surface area contributed by atoms with Gasteiger partial charge in [0.15, 0.2) is 0 Å². The van der Waals surface area contributed by atoms with Crippen molar-refractivity contribution in [2.45, 2.75) is 25.7 Å². The summed E-state index contributed by atoms with van der Waals surface area (Å²) in [5.74, 6) is 1.06. The van der Waals surface area contributed by atoms with Gasteiger partial charge in [-0.2, -0.15) is 5.10 Å². The van der Waals surface area contributed by atoms with Crippen LogP contribution in [-0.4, -0.2) is 17.0 Å². The Kier molecular flexibility index (Phi) is 4.50. The molecular formula is C17H19N3O3. The lowest BCUT2D eigenvalue weighted by Gasteiger charge is -1.99. The van der Waals surface area contributed by atoms with E-state index in [0.717, 1.165) is 25.7 Å². The molecule has 1 aromatic carbocycles. The van der Waals surface area contributed by atoms with Crippen molar-refractivity contribution in [3.8, 4) is 0 Å². The first-order chi connectivity index (χ1) is 11.2. The average molecular weight is 313 g/mol. The van der Waals surface area contributed by atoms with Crippen molar-refractivity contribution in [1.29, 1.82) is 0 Å². The van der Waals surface area contributed by atoms with Crippen molar-refractivity contribution in [2.24, 2.45) is 22.9 Å². The van der Waals surface area contributed by atoms with Gasteiger partial charge in [0.2, 0.25) is 5.91 Å². The third-order valence-corrected chi connectivity index (χ3v) is 4.63. The van der Waals surface area contributed by atoms with Gasteiger partial charge in [0.1, 0.15) is 0 Å². The second-order valence-electron chi connectivity index (χ2n) is 6.06. The number of benzene rings is 1. The molecule has 1 fully saturated rings. The topological polar surface area (TPSA) is 84.6 Å². The number of hydrogen-bond acceptors (Lipinski definition) is 4. The Morgan fingerprint density at radius 3 is 2.35 bits per heavy atom. The maximum Gasteiger partial charge on any atom is 0.269 e. The quantitative estimate of drug-likeness (QED) is 0.401. The summed E-state index contributed by atoms with van der Waals surface area (Å²) in [6, 6.07) is 6.03. The Hall–Kier alpha value is -2.50. The minimum Gasteiger partial charge on any atom is -0.273 e. The first-order valence-corrected chi connectivity index (χ1v) is 7.89. The smallest absolute Gasteiger partial charge is 0.269 e. The molecule has 2 atom stereocenters. The molecule has 6 heteroatoms. The Balaban J connectivity index is 1.52. The van der Waals surface area contributed by atoms with E-state index in [-0.39, 0.29) is 17.5 Å². The number of nitro groups is 1. The molecule has 1 N–H and O–H groups in total. The predicted octanol–water partition coefficient (Wildman–Crippen LogP) is 3.04. The number of rotatable bonds is 4. The van der Waals surface area contributed by atoms with Gasteiger partial charge in [0, 0.05) is 18.1 Å². The normalized spacial score (nSPS) is 26.2. The van der Waals surface area contributed by atoms with E-state index in [1.54, 1.807) is 12.1 Å². The summed E-state index contributed by atoms with van der Waals surface area (Å²) < 4.78 is 0.